The van der Waals surface area contributed by atoms with Gasteiger partial charge in [-0.2, -0.15) is 0 Å². The summed E-state index contributed by atoms with van der Waals surface area (Å²) in [6, 6.07) is 14.9. The van der Waals surface area contributed by atoms with Crippen LogP contribution < -0.4 is 15.4 Å². The Morgan fingerprint density at radius 3 is 2.70 bits per heavy atom. The van der Waals surface area contributed by atoms with Crippen LogP contribution in [0, 0.1) is 12.7 Å². The number of methoxy groups -OCH3 is 1. The van der Waals surface area contributed by atoms with Crippen LogP contribution in [0.25, 0.3) is 0 Å². The van der Waals surface area contributed by atoms with Gasteiger partial charge < -0.3 is 15.4 Å². The van der Waals surface area contributed by atoms with E-state index in [1.165, 1.54) is 18.2 Å². The van der Waals surface area contributed by atoms with Gasteiger partial charge in [0.15, 0.2) is 0 Å². The molecule has 0 atom stereocenters. The van der Waals surface area contributed by atoms with Crippen molar-refractivity contribution in [2.24, 2.45) is 0 Å². The summed E-state index contributed by atoms with van der Waals surface area (Å²) in [5, 5.41) is 5.73. The smallest absolute Gasteiger partial charge is 0.274 e. The number of para-hydroxylation sites is 1. The first-order valence-electron chi connectivity index (χ1n) is 8.33. The van der Waals surface area contributed by atoms with Crippen LogP contribution in [-0.2, 0) is 6.54 Å². The van der Waals surface area contributed by atoms with E-state index in [9.17, 15) is 9.18 Å². The lowest BCUT2D eigenvalue weighted by Gasteiger charge is -2.11. The fourth-order valence-corrected chi connectivity index (χ4v) is 2.55. The molecule has 1 aromatic heterocycles. The molecule has 2 N–H and O–H groups in total. The van der Waals surface area contributed by atoms with Gasteiger partial charge in [-0.3, -0.25) is 4.79 Å². The highest BCUT2D eigenvalue weighted by atomic mass is 19.1. The summed E-state index contributed by atoms with van der Waals surface area (Å²) in [6.45, 7) is 2.22. The molecule has 0 saturated carbocycles. The van der Waals surface area contributed by atoms with E-state index in [1.54, 1.807) is 26.2 Å². The quantitative estimate of drug-likeness (QED) is 0.694. The van der Waals surface area contributed by atoms with Crippen molar-refractivity contribution in [3.63, 3.8) is 0 Å². The molecule has 0 aliphatic rings. The highest BCUT2D eigenvalue weighted by Crippen LogP contribution is 2.18. The highest BCUT2D eigenvalue weighted by Gasteiger charge is 2.12. The summed E-state index contributed by atoms with van der Waals surface area (Å²) in [6.07, 6.45) is 0. The van der Waals surface area contributed by atoms with Gasteiger partial charge in [0, 0.05) is 23.5 Å². The normalized spacial score (nSPS) is 10.3. The van der Waals surface area contributed by atoms with Crippen LogP contribution in [0.2, 0.25) is 0 Å². The van der Waals surface area contributed by atoms with Crippen LogP contribution in [0.5, 0.6) is 5.75 Å². The van der Waals surface area contributed by atoms with Crippen molar-refractivity contribution in [3.8, 4) is 5.75 Å². The standard InChI is InChI=1S/C20H19FN4O2/c1-13-10-17(19(26)24-16-8-5-7-15(21)11-16)25-20(23-13)22-12-14-6-3-4-9-18(14)27-2/h3-11H,12H2,1-2H3,(H,24,26)(H,22,23,25). The van der Waals surface area contributed by atoms with Crippen LogP contribution >= 0.6 is 0 Å². The Kier molecular flexibility index (Phi) is 5.61. The first-order valence-corrected chi connectivity index (χ1v) is 8.33. The molecular formula is C20H19FN4O2. The molecule has 2 aromatic carbocycles. The molecule has 0 unspecified atom stereocenters. The Hall–Kier alpha value is -3.48. The summed E-state index contributed by atoms with van der Waals surface area (Å²) >= 11 is 0. The minimum absolute atomic E-state index is 0.189. The first kappa shape index (κ1) is 18.3. The molecule has 6 nitrogen and oxygen atoms in total. The number of benzene rings is 2. The van der Waals surface area contributed by atoms with Gasteiger partial charge in [-0.1, -0.05) is 24.3 Å². The Morgan fingerprint density at radius 1 is 1.11 bits per heavy atom. The summed E-state index contributed by atoms with van der Waals surface area (Å²) in [7, 11) is 1.61. The van der Waals surface area contributed by atoms with Gasteiger partial charge in [-0.15, -0.1) is 0 Å². The number of ether oxygens (including phenoxy) is 1. The fourth-order valence-electron chi connectivity index (χ4n) is 2.55. The molecule has 1 amide bonds. The maximum absolute atomic E-state index is 13.3. The average molecular weight is 366 g/mol. The summed E-state index contributed by atoms with van der Waals surface area (Å²) in [5.74, 6) is 0.212. The number of aromatic nitrogens is 2. The molecule has 0 spiro atoms. The third kappa shape index (κ3) is 4.78. The van der Waals surface area contributed by atoms with E-state index in [0.717, 1.165) is 11.3 Å². The number of carbonyl (C=O) groups excluding carboxylic acids is 1. The lowest BCUT2D eigenvalue weighted by atomic mass is 10.2. The number of aryl methyl sites for hydroxylation is 1. The Morgan fingerprint density at radius 2 is 1.93 bits per heavy atom. The third-order valence-corrected chi connectivity index (χ3v) is 3.80. The number of anilines is 2. The molecule has 0 bridgehead atoms. The molecule has 0 saturated heterocycles. The summed E-state index contributed by atoms with van der Waals surface area (Å²) in [5.41, 5.74) is 2.13. The number of hydrogen-bond donors (Lipinski definition) is 2. The second-order valence-corrected chi connectivity index (χ2v) is 5.85. The average Bonchev–Trinajstić information content (AvgIpc) is 2.66. The number of halogens is 1. The van der Waals surface area contributed by atoms with E-state index < -0.39 is 11.7 Å². The monoisotopic (exact) mass is 366 g/mol. The number of nitrogens with zero attached hydrogens (tertiary/aromatic N) is 2. The van der Waals surface area contributed by atoms with Crippen molar-refractivity contribution in [1.82, 2.24) is 9.97 Å². The van der Waals surface area contributed by atoms with Crippen molar-refractivity contribution >= 4 is 17.5 Å². The number of carbonyl (C=O) groups is 1. The third-order valence-electron chi connectivity index (χ3n) is 3.80. The van der Waals surface area contributed by atoms with E-state index in [2.05, 4.69) is 20.6 Å². The second kappa shape index (κ2) is 8.27. The van der Waals surface area contributed by atoms with Crippen LogP contribution in [0.15, 0.2) is 54.6 Å². The molecule has 3 aromatic rings. The molecule has 1 heterocycles. The molecular weight excluding hydrogens is 347 g/mol. The van der Waals surface area contributed by atoms with Crippen molar-refractivity contribution in [3.05, 3.63) is 77.4 Å². The Balaban J connectivity index is 1.74. The minimum Gasteiger partial charge on any atom is -0.496 e. The van der Waals surface area contributed by atoms with Crippen molar-refractivity contribution < 1.29 is 13.9 Å². The zero-order valence-corrected chi connectivity index (χ0v) is 15.0. The van der Waals surface area contributed by atoms with Crippen LogP contribution in [0.4, 0.5) is 16.0 Å². The molecule has 0 radical (unpaired) electrons. The topological polar surface area (TPSA) is 76.1 Å². The molecule has 7 heteroatoms. The summed E-state index contributed by atoms with van der Waals surface area (Å²) < 4.78 is 18.6. The summed E-state index contributed by atoms with van der Waals surface area (Å²) in [4.78, 5) is 21.0. The van der Waals surface area contributed by atoms with E-state index in [1.807, 2.05) is 24.3 Å². The number of nitrogens with one attached hydrogen (secondary N) is 2. The van der Waals surface area contributed by atoms with Crippen LogP contribution in [0.3, 0.4) is 0 Å². The van der Waals surface area contributed by atoms with E-state index in [0.29, 0.717) is 23.9 Å². The molecule has 138 valence electrons. The lowest BCUT2D eigenvalue weighted by Crippen LogP contribution is -2.16. The van der Waals surface area contributed by atoms with Gasteiger partial charge in [0.2, 0.25) is 5.95 Å². The van der Waals surface area contributed by atoms with E-state index in [-0.39, 0.29) is 5.69 Å². The molecule has 0 aliphatic carbocycles. The van der Waals surface area contributed by atoms with Gasteiger partial charge in [0.25, 0.3) is 5.91 Å². The van der Waals surface area contributed by atoms with Crippen LogP contribution in [-0.4, -0.2) is 23.0 Å². The largest absolute Gasteiger partial charge is 0.496 e. The van der Waals surface area contributed by atoms with Gasteiger partial charge in [0.05, 0.1) is 7.11 Å². The molecule has 0 aliphatic heterocycles. The van der Waals surface area contributed by atoms with Gasteiger partial charge >= 0.3 is 0 Å². The first-order chi connectivity index (χ1) is 13.0. The van der Waals surface area contributed by atoms with E-state index in [4.69, 9.17) is 4.74 Å². The maximum atomic E-state index is 13.3. The van der Waals surface area contributed by atoms with Gasteiger partial charge in [-0.05, 0) is 37.3 Å². The number of rotatable bonds is 6. The Bertz CT molecular complexity index is 962. The van der Waals surface area contributed by atoms with Crippen molar-refractivity contribution in [2.45, 2.75) is 13.5 Å². The zero-order chi connectivity index (χ0) is 19.2. The predicted molar refractivity (Wildman–Crippen MR) is 101 cm³/mol. The van der Waals surface area contributed by atoms with E-state index >= 15 is 0 Å². The molecule has 27 heavy (non-hydrogen) atoms. The van der Waals surface area contributed by atoms with Gasteiger partial charge in [-0.25, -0.2) is 14.4 Å². The zero-order valence-electron chi connectivity index (χ0n) is 15.0. The van der Waals surface area contributed by atoms with Crippen molar-refractivity contribution in [1.29, 1.82) is 0 Å². The van der Waals surface area contributed by atoms with Crippen LogP contribution in [0.1, 0.15) is 21.7 Å². The second-order valence-electron chi connectivity index (χ2n) is 5.85. The number of hydrogen-bond acceptors (Lipinski definition) is 5. The lowest BCUT2D eigenvalue weighted by molar-refractivity contribution is 0.102. The Labute approximate surface area is 156 Å². The highest BCUT2D eigenvalue weighted by molar-refractivity contribution is 6.03. The minimum atomic E-state index is -0.438. The maximum Gasteiger partial charge on any atom is 0.274 e. The number of amides is 1. The molecule has 3 rings (SSSR count). The fraction of sp³-hybridized carbons (Fsp3) is 0.150. The van der Waals surface area contributed by atoms with Gasteiger partial charge in [0.1, 0.15) is 17.3 Å². The molecule has 0 fully saturated rings. The van der Waals surface area contributed by atoms with Crippen molar-refractivity contribution in [2.75, 3.05) is 17.7 Å². The predicted octanol–water partition coefficient (Wildman–Crippen LogP) is 3.80. The SMILES string of the molecule is COc1ccccc1CNc1nc(C)cc(C(=O)Nc2cccc(F)c2)n1.